The van der Waals surface area contributed by atoms with E-state index in [4.69, 9.17) is 5.26 Å². The molecule has 0 N–H and O–H groups in total. The summed E-state index contributed by atoms with van der Waals surface area (Å²) in [7, 11) is 1.25. The number of nitrogens with zero attached hydrogens (tertiary/aromatic N) is 2. The van der Waals surface area contributed by atoms with Crippen LogP contribution >= 0.6 is 0 Å². The van der Waals surface area contributed by atoms with Crippen LogP contribution in [0.25, 0.3) is 0 Å². The van der Waals surface area contributed by atoms with Crippen molar-refractivity contribution in [2.75, 3.05) is 25.1 Å². The Kier molecular flexibility index (Phi) is 5.24. The molecule has 0 spiro atoms. The average molecular weight is 268 g/mol. The van der Waals surface area contributed by atoms with Gasteiger partial charge in [0.2, 0.25) is 0 Å². The highest BCUT2D eigenvalue weighted by molar-refractivity contribution is 5.70. The maximum atomic E-state index is 13.8. The molecular weight excluding hydrogens is 254 g/mol. The minimum atomic E-state index is -0.816. The number of esters is 1. The zero-order valence-corrected chi connectivity index (χ0v) is 10.7. The van der Waals surface area contributed by atoms with Gasteiger partial charge in [-0.05, 0) is 19.1 Å². The van der Waals surface area contributed by atoms with Gasteiger partial charge in [0, 0.05) is 13.1 Å². The largest absolute Gasteiger partial charge is 0.469 e. The van der Waals surface area contributed by atoms with Gasteiger partial charge >= 0.3 is 5.97 Å². The standard InChI is InChI=1S/C13H14F2N2O2/c1-3-17(5-4-12(18)19-2)13-10(14)6-9(8-16)7-11(13)15/h6-7H,3-5H2,1-2H3. The van der Waals surface area contributed by atoms with E-state index in [0.717, 1.165) is 12.1 Å². The van der Waals surface area contributed by atoms with E-state index >= 15 is 0 Å². The predicted octanol–water partition coefficient (Wildman–Crippen LogP) is 2.23. The normalized spacial score (nSPS) is 9.84. The summed E-state index contributed by atoms with van der Waals surface area (Å²) in [4.78, 5) is 12.4. The van der Waals surface area contributed by atoms with Gasteiger partial charge in [-0.1, -0.05) is 0 Å². The molecule has 19 heavy (non-hydrogen) atoms. The number of hydrogen-bond donors (Lipinski definition) is 0. The SMILES string of the molecule is CCN(CCC(=O)OC)c1c(F)cc(C#N)cc1F. The highest BCUT2D eigenvalue weighted by atomic mass is 19.1. The first-order valence-corrected chi connectivity index (χ1v) is 5.74. The first kappa shape index (κ1) is 14.9. The average Bonchev–Trinajstić information content (AvgIpc) is 2.40. The van der Waals surface area contributed by atoms with Crippen LogP contribution in [-0.2, 0) is 9.53 Å². The number of rotatable bonds is 5. The summed E-state index contributed by atoms with van der Waals surface area (Å²) in [5, 5.41) is 8.62. The number of carbonyl (C=O) groups is 1. The molecule has 0 saturated heterocycles. The highest BCUT2D eigenvalue weighted by Crippen LogP contribution is 2.25. The fourth-order valence-corrected chi connectivity index (χ4v) is 1.69. The molecule has 0 heterocycles. The van der Waals surface area contributed by atoms with E-state index in [0.29, 0.717) is 6.54 Å². The molecule has 1 aromatic rings. The van der Waals surface area contributed by atoms with Crippen LogP contribution in [0.2, 0.25) is 0 Å². The molecule has 0 aliphatic carbocycles. The number of methoxy groups -OCH3 is 1. The summed E-state index contributed by atoms with van der Waals surface area (Å²) in [5.74, 6) is -2.08. The van der Waals surface area contributed by atoms with Crippen LogP contribution in [0.4, 0.5) is 14.5 Å². The molecule has 0 bridgehead atoms. The van der Waals surface area contributed by atoms with Gasteiger partial charge in [0.15, 0.2) is 11.6 Å². The minimum Gasteiger partial charge on any atom is -0.469 e. The van der Waals surface area contributed by atoms with Crippen LogP contribution in [0, 0.1) is 23.0 Å². The lowest BCUT2D eigenvalue weighted by molar-refractivity contribution is -0.140. The van der Waals surface area contributed by atoms with Crippen LogP contribution in [0.15, 0.2) is 12.1 Å². The van der Waals surface area contributed by atoms with Crippen LogP contribution in [0.5, 0.6) is 0 Å². The third-order valence-corrected chi connectivity index (χ3v) is 2.66. The van der Waals surface area contributed by atoms with Crippen molar-refractivity contribution >= 4 is 11.7 Å². The molecule has 1 rings (SSSR count). The van der Waals surface area contributed by atoms with Crippen LogP contribution in [-0.4, -0.2) is 26.2 Å². The van der Waals surface area contributed by atoms with E-state index in [-0.39, 0.29) is 24.2 Å². The van der Waals surface area contributed by atoms with Crippen molar-refractivity contribution in [3.05, 3.63) is 29.3 Å². The molecule has 0 radical (unpaired) electrons. The second kappa shape index (κ2) is 6.69. The Balaban J connectivity index is 2.99. The molecule has 0 aliphatic heterocycles. The summed E-state index contributed by atoms with van der Waals surface area (Å²) in [6.07, 6.45) is 0.0310. The third-order valence-electron chi connectivity index (χ3n) is 2.66. The van der Waals surface area contributed by atoms with Crippen molar-refractivity contribution < 1.29 is 18.3 Å². The maximum Gasteiger partial charge on any atom is 0.307 e. The molecule has 1 aromatic carbocycles. The van der Waals surface area contributed by atoms with Crippen molar-refractivity contribution in [1.29, 1.82) is 5.26 Å². The van der Waals surface area contributed by atoms with Gasteiger partial charge in [0.25, 0.3) is 0 Å². The number of carbonyl (C=O) groups excluding carboxylic acids is 1. The molecule has 0 aliphatic rings. The summed E-state index contributed by atoms with van der Waals surface area (Å²) < 4.78 is 32.1. The number of halogens is 2. The minimum absolute atomic E-state index is 0.0310. The van der Waals surface area contributed by atoms with E-state index in [2.05, 4.69) is 4.74 Å². The van der Waals surface area contributed by atoms with Gasteiger partial charge in [0.1, 0.15) is 5.69 Å². The summed E-state index contributed by atoms with van der Waals surface area (Å²) in [5.41, 5.74) is -0.312. The molecular formula is C13H14F2N2O2. The first-order valence-electron chi connectivity index (χ1n) is 5.74. The topological polar surface area (TPSA) is 53.3 Å². The Bertz CT molecular complexity index is 489. The Labute approximate surface area is 110 Å². The van der Waals surface area contributed by atoms with Gasteiger partial charge < -0.3 is 9.64 Å². The molecule has 102 valence electrons. The highest BCUT2D eigenvalue weighted by Gasteiger charge is 2.18. The smallest absolute Gasteiger partial charge is 0.307 e. The van der Waals surface area contributed by atoms with Crippen molar-refractivity contribution in [3.63, 3.8) is 0 Å². The van der Waals surface area contributed by atoms with Gasteiger partial charge in [-0.2, -0.15) is 5.26 Å². The number of anilines is 1. The fourth-order valence-electron chi connectivity index (χ4n) is 1.69. The van der Waals surface area contributed by atoms with Crippen LogP contribution < -0.4 is 4.90 Å². The van der Waals surface area contributed by atoms with E-state index in [1.54, 1.807) is 13.0 Å². The molecule has 0 saturated carbocycles. The van der Waals surface area contributed by atoms with E-state index in [1.165, 1.54) is 12.0 Å². The lowest BCUT2D eigenvalue weighted by Crippen LogP contribution is -2.28. The van der Waals surface area contributed by atoms with Crippen molar-refractivity contribution in [2.24, 2.45) is 0 Å². The molecule has 0 amide bonds. The summed E-state index contributed by atoms with van der Waals surface area (Å²) >= 11 is 0. The fraction of sp³-hybridized carbons (Fsp3) is 0.385. The molecule has 0 aromatic heterocycles. The van der Waals surface area contributed by atoms with Crippen LogP contribution in [0.1, 0.15) is 18.9 Å². The van der Waals surface area contributed by atoms with Crippen LogP contribution in [0.3, 0.4) is 0 Å². The second-order valence-electron chi connectivity index (χ2n) is 3.81. The number of hydrogen-bond acceptors (Lipinski definition) is 4. The van der Waals surface area contributed by atoms with Gasteiger partial charge in [-0.3, -0.25) is 4.79 Å². The van der Waals surface area contributed by atoms with Gasteiger partial charge in [0.05, 0.1) is 25.2 Å². The van der Waals surface area contributed by atoms with Gasteiger partial charge in [-0.15, -0.1) is 0 Å². The first-order chi connectivity index (χ1) is 9.03. The maximum absolute atomic E-state index is 13.8. The Morgan fingerprint density at radius 1 is 1.42 bits per heavy atom. The third kappa shape index (κ3) is 3.65. The zero-order valence-electron chi connectivity index (χ0n) is 10.7. The monoisotopic (exact) mass is 268 g/mol. The number of benzene rings is 1. The zero-order chi connectivity index (χ0) is 14.4. The Hall–Kier alpha value is -2.16. The van der Waals surface area contributed by atoms with E-state index < -0.39 is 17.6 Å². The Morgan fingerprint density at radius 2 is 2.00 bits per heavy atom. The molecule has 4 nitrogen and oxygen atoms in total. The van der Waals surface area contributed by atoms with Crippen molar-refractivity contribution in [2.45, 2.75) is 13.3 Å². The van der Waals surface area contributed by atoms with Crippen molar-refractivity contribution in [1.82, 2.24) is 0 Å². The number of ether oxygens (including phenoxy) is 1. The number of nitriles is 1. The molecule has 0 atom stereocenters. The lowest BCUT2D eigenvalue weighted by Gasteiger charge is -2.23. The summed E-state index contributed by atoms with van der Waals surface area (Å²) in [6.45, 7) is 2.19. The lowest BCUT2D eigenvalue weighted by atomic mass is 10.1. The quantitative estimate of drug-likeness (QED) is 0.768. The van der Waals surface area contributed by atoms with E-state index in [9.17, 15) is 13.6 Å². The Morgan fingerprint density at radius 3 is 2.42 bits per heavy atom. The molecule has 6 heteroatoms. The second-order valence-corrected chi connectivity index (χ2v) is 3.81. The predicted molar refractivity (Wildman–Crippen MR) is 65.6 cm³/mol. The van der Waals surface area contributed by atoms with Crippen molar-refractivity contribution in [3.8, 4) is 6.07 Å². The van der Waals surface area contributed by atoms with E-state index in [1.807, 2.05) is 0 Å². The molecule has 0 unspecified atom stereocenters. The summed E-state index contributed by atoms with van der Waals surface area (Å²) in [6, 6.07) is 3.62. The molecule has 0 fully saturated rings. The van der Waals surface area contributed by atoms with Gasteiger partial charge in [-0.25, -0.2) is 8.78 Å².